The summed E-state index contributed by atoms with van der Waals surface area (Å²) in [5, 5.41) is 3.55. The van der Waals surface area contributed by atoms with Gasteiger partial charge in [-0.05, 0) is 31.2 Å². The second kappa shape index (κ2) is 9.40. The monoisotopic (exact) mass is 533 g/mol. The van der Waals surface area contributed by atoms with E-state index < -0.39 is 47.0 Å². The fraction of sp³-hybridized carbons (Fsp3) is 0.286. The summed E-state index contributed by atoms with van der Waals surface area (Å²) in [6.07, 6.45) is -7.18. The highest BCUT2D eigenvalue weighted by Crippen LogP contribution is 2.41. The van der Waals surface area contributed by atoms with Gasteiger partial charge in [0.1, 0.15) is 24.2 Å². The lowest BCUT2D eigenvalue weighted by molar-refractivity contribution is -0.142. The van der Waals surface area contributed by atoms with Crippen molar-refractivity contribution in [1.29, 1.82) is 0 Å². The molecule has 0 aliphatic heterocycles. The molecule has 1 unspecified atom stereocenters. The lowest BCUT2D eigenvalue weighted by Crippen LogP contribution is -2.26. The van der Waals surface area contributed by atoms with Gasteiger partial charge in [0.2, 0.25) is 0 Å². The Hall–Kier alpha value is -4.11. The zero-order valence-electron chi connectivity index (χ0n) is 18.8. The molecule has 1 aromatic carbocycles. The Morgan fingerprint density at radius 1 is 0.919 bits per heavy atom. The third kappa shape index (κ3) is 5.22. The van der Waals surface area contributed by atoms with Crippen molar-refractivity contribution in [2.75, 3.05) is 11.9 Å². The van der Waals surface area contributed by atoms with Gasteiger partial charge >= 0.3 is 19.0 Å². The average Bonchev–Trinajstić information content (AvgIpc) is 3.31. The molecule has 8 nitrogen and oxygen atoms in total. The second-order valence-corrected chi connectivity index (χ2v) is 7.66. The minimum Gasteiger partial charge on any atom is -0.433 e. The quantitative estimate of drug-likeness (QED) is 0.305. The van der Waals surface area contributed by atoms with Crippen LogP contribution in [0, 0.1) is 0 Å². The number of fused-ring (bicyclic) bond motifs is 1. The number of hydrogen-bond acceptors (Lipinski definition) is 7. The molecule has 0 radical (unpaired) electrons. The van der Waals surface area contributed by atoms with E-state index in [0.29, 0.717) is 6.07 Å². The summed E-state index contributed by atoms with van der Waals surface area (Å²) in [5.41, 5.74) is -3.77. The highest BCUT2D eigenvalue weighted by Gasteiger charge is 2.39. The summed E-state index contributed by atoms with van der Waals surface area (Å²) < 4.78 is 111. The van der Waals surface area contributed by atoms with Crippen molar-refractivity contribution in [2.45, 2.75) is 31.9 Å². The maximum atomic E-state index is 13.6. The summed E-state index contributed by atoms with van der Waals surface area (Å²) in [5.74, 6) is -0.121. The second-order valence-electron chi connectivity index (χ2n) is 7.66. The molecule has 16 heteroatoms. The number of anilines is 1. The van der Waals surface area contributed by atoms with E-state index in [1.807, 2.05) is 0 Å². The predicted molar refractivity (Wildman–Crippen MR) is 112 cm³/mol. The lowest BCUT2D eigenvalue weighted by Gasteiger charge is -2.27. The molecule has 4 rings (SSSR count). The fourth-order valence-electron chi connectivity index (χ4n) is 3.55. The van der Waals surface area contributed by atoms with Crippen LogP contribution in [0.15, 0.2) is 43.1 Å². The first-order valence-corrected chi connectivity index (χ1v) is 10.2. The fourth-order valence-corrected chi connectivity index (χ4v) is 3.55. The van der Waals surface area contributed by atoms with Crippen LogP contribution in [0.2, 0.25) is 0 Å². The summed E-state index contributed by atoms with van der Waals surface area (Å²) in [6, 6.07) is 2.27. The van der Waals surface area contributed by atoms with Gasteiger partial charge in [-0.1, -0.05) is 0 Å². The van der Waals surface area contributed by atoms with E-state index in [-0.39, 0.29) is 29.3 Å². The highest BCUT2D eigenvalue weighted by molar-refractivity contribution is 5.92. The lowest BCUT2D eigenvalue weighted by atomic mass is 10.0. The first-order chi connectivity index (χ1) is 17.3. The van der Waals surface area contributed by atoms with E-state index in [4.69, 9.17) is 0 Å². The number of aromatic nitrogens is 6. The average molecular weight is 533 g/mol. The summed E-state index contributed by atoms with van der Waals surface area (Å²) >= 11 is 0. The van der Waals surface area contributed by atoms with Crippen LogP contribution in [0.5, 0.6) is 5.75 Å². The maximum absolute atomic E-state index is 13.6. The summed E-state index contributed by atoms with van der Waals surface area (Å²) in [4.78, 5) is 16.9. The Bertz CT molecular complexity index is 1400. The van der Waals surface area contributed by atoms with E-state index in [0.717, 1.165) is 18.9 Å². The smallest absolute Gasteiger partial charge is 0.418 e. The van der Waals surface area contributed by atoms with Crippen LogP contribution in [0.4, 0.5) is 40.9 Å². The number of nitrogens with zero attached hydrogens (tertiary/aromatic N) is 7. The summed E-state index contributed by atoms with van der Waals surface area (Å²) in [7, 11) is 1.39. The molecule has 0 amide bonds. The van der Waals surface area contributed by atoms with Crippen LogP contribution < -0.4 is 9.64 Å². The summed E-state index contributed by atoms with van der Waals surface area (Å²) in [6.45, 7) is -1.50. The van der Waals surface area contributed by atoms with Gasteiger partial charge in [-0.2, -0.15) is 44.9 Å². The van der Waals surface area contributed by atoms with Gasteiger partial charge < -0.3 is 9.64 Å². The SMILES string of the molecule is CC(c1ncnn1-c1ccc(OC(F)F)cn1)N(C)c1ncnc2c(C(F)(F)F)cc(C(F)(F)F)cc12. The van der Waals surface area contributed by atoms with Gasteiger partial charge in [-0.3, -0.25) is 0 Å². The van der Waals surface area contributed by atoms with Gasteiger partial charge in [0.15, 0.2) is 11.6 Å². The zero-order chi connectivity index (χ0) is 27.1. The van der Waals surface area contributed by atoms with Crippen molar-refractivity contribution in [3.63, 3.8) is 0 Å². The normalized spacial score (nSPS) is 13.3. The van der Waals surface area contributed by atoms with Crippen molar-refractivity contribution >= 4 is 16.7 Å². The van der Waals surface area contributed by atoms with Gasteiger partial charge in [0.25, 0.3) is 0 Å². The molecule has 196 valence electrons. The third-order valence-corrected chi connectivity index (χ3v) is 5.38. The van der Waals surface area contributed by atoms with Crippen LogP contribution in [-0.4, -0.2) is 43.4 Å². The molecule has 3 aromatic heterocycles. The number of hydrogen-bond donors (Lipinski definition) is 0. The Morgan fingerprint density at radius 3 is 2.24 bits per heavy atom. The Balaban J connectivity index is 1.77. The van der Waals surface area contributed by atoms with E-state index in [1.54, 1.807) is 6.92 Å². The Morgan fingerprint density at radius 2 is 1.65 bits per heavy atom. The first-order valence-electron chi connectivity index (χ1n) is 10.2. The minimum atomic E-state index is -5.11. The van der Waals surface area contributed by atoms with Crippen LogP contribution in [0.25, 0.3) is 16.7 Å². The molecular formula is C21H15F8N7O. The number of pyridine rings is 1. The third-order valence-electron chi connectivity index (χ3n) is 5.38. The number of halogens is 8. The van der Waals surface area contributed by atoms with Crippen LogP contribution >= 0.6 is 0 Å². The van der Waals surface area contributed by atoms with E-state index in [1.165, 1.54) is 28.8 Å². The molecule has 3 heterocycles. The molecule has 1 atom stereocenters. The molecule has 0 N–H and O–H groups in total. The number of alkyl halides is 8. The largest absolute Gasteiger partial charge is 0.433 e. The topological polar surface area (TPSA) is 81.9 Å². The Kier molecular flexibility index (Phi) is 6.60. The van der Waals surface area contributed by atoms with Crippen molar-refractivity contribution in [3.05, 3.63) is 60.1 Å². The van der Waals surface area contributed by atoms with Crippen molar-refractivity contribution in [3.8, 4) is 11.6 Å². The minimum absolute atomic E-state index is 0.00620. The van der Waals surface area contributed by atoms with Crippen LogP contribution in [0.1, 0.15) is 29.9 Å². The van der Waals surface area contributed by atoms with E-state index >= 15 is 0 Å². The zero-order valence-corrected chi connectivity index (χ0v) is 18.8. The highest BCUT2D eigenvalue weighted by atomic mass is 19.4. The van der Waals surface area contributed by atoms with Crippen LogP contribution in [0.3, 0.4) is 0 Å². The predicted octanol–water partition coefficient (Wildman–Crippen LogP) is 5.44. The molecule has 0 saturated heterocycles. The molecule has 0 aliphatic rings. The molecule has 0 spiro atoms. The van der Waals surface area contributed by atoms with Crippen molar-refractivity contribution < 1.29 is 39.9 Å². The molecule has 37 heavy (non-hydrogen) atoms. The van der Waals surface area contributed by atoms with Crippen molar-refractivity contribution in [2.24, 2.45) is 0 Å². The van der Waals surface area contributed by atoms with Gasteiger partial charge in [-0.25, -0.2) is 19.9 Å². The van der Waals surface area contributed by atoms with Gasteiger partial charge in [0, 0.05) is 12.4 Å². The van der Waals surface area contributed by atoms with Gasteiger partial charge in [-0.15, -0.1) is 0 Å². The molecule has 0 saturated carbocycles. The number of rotatable bonds is 6. The molecular weight excluding hydrogens is 518 g/mol. The molecule has 4 aromatic rings. The van der Waals surface area contributed by atoms with E-state index in [2.05, 4.69) is 29.8 Å². The standard InChI is InChI=1S/C21H15F8N7O/c1-10(17-33-9-34-36(17)15-4-3-12(7-30-15)37-19(22)23)35(2)18-13-5-11(20(24,25)26)6-14(21(27,28)29)16(13)31-8-32-18/h3-10,19H,1-2H3. The number of ether oxygens (including phenoxy) is 1. The number of benzene rings is 1. The van der Waals surface area contributed by atoms with Gasteiger partial charge in [0.05, 0.1) is 28.9 Å². The maximum Gasteiger partial charge on any atom is 0.418 e. The molecule has 0 fully saturated rings. The Labute approximate surface area is 202 Å². The first kappa shape index (κ1) is 26.0. The van der Waals surface area contributed by atoms with E-state index in [9.17, 15) is 35.1 Å². The molecule has 0 aliphatic carbocycles. The van der Waals surface area contributed by atoms with Crippen LogP contribution in [-0.2, 0) is 12.4 Å². The van der Waals surface area contributed by atoms with Crippen molar-refractivity contribution in [1.82, 2.24) is 29.7 Å². The molecule has 0 bridgehead atoms.